The third-order valence-corrected chi connectivity index (χ3v) is 2.45. The van der Waals surface area contributed by atoms with Crippen molar-refractivity contribution in [3.63, 3.8) is 0 Å². The van der Waals surface area contributed by atoms with Crippen molar-refractivity contribution in [2.45, 2.75) is 33.4 Å². The van der Waals surface area contributed by atoms with Crippen LogP contribution in [-0.2, 0) is 6.54 Å². The average molecular weight is 242 g/mol. The number of rotatable bonds is 5. The Morgan fingerprint density at radius 2 is 2.24 bits per heavy atom. The predicted octanol–water partition coefficient (Wildman–Crippen LogP) is 0.937. The molecule has 0 aromatic carbocycles. The first kappa shape index (κ1) is 13.4. The van der Waals surface area contributed by atoms with Crippen molar-refractivity contribution < 1.29 is 10.0 Å². The summed E-state index contributed by atoms with van der Waals surface area (Å²) in [5.74, 6) is 0.441. The monoisotopic (exact) mass is 242 g/mol. The van der Waals surface area contributed by atoms with Gasteiger partial charge >= 0.3 is 5.69 Å². The van der Waals surface area contributed by atoms with Crippen molar-refractivity contribution in [3.8, 4) is 0 Å². The van der Waals surface area contributed by atoms with Crippen molar-refractivity contribution >= 4 is 11.5 Å². The van der Waals surface area contributed by atoms with E-state index in [-0.39, 0.29) is 5.69 Å². The Balaban J connectivity index is 3.23. The van der Waals surface area contributed by atoms with E-state index in [9.17, 15) is 15.2 Å². The van der Waals surface area contributed by atoms with Crippen LogP contribution >= 0.6 is 0 Å². The predicted molar refractivity (Wildman–Crippen MR) is 64.2 cm³/mol. The zero-order valence-corrected chi connectivity index (χ0v) is 10.5. The van der Waals surface area contributed by atoms with Gasteiger partial charge in [0.05, 0.1) is 11.0 Å². The summed E-state index contributed by atoms with van der Waals surface area (Å²) in [6.07, 6.45) is -0.555. The Labute approximate surface area is 99.8 Å². The molecule has 1 unspecified atom stereocenters. The number of aryl methyl sites for hydroxylation is 2. The molecule has 0 aliphatic carbocycles. The molecule has 7 nitrogen and oxygen atoms in total. The molecule has 0 amide bonds. The summed E-state index contributed by atoms with van der Waals surface area (Å²) in [5.41, 5.74) is 0.402. The molecule has 0 bridgehead atoms. The molecule has 0 spiro atoms. The molecule has 7 heteroatoms. The maximum atomic E-state index is 11.0. The van der Waals surface area contributed by atoms with E-state index in [4.69, 9.17) is 0 Å². The van der Waals surface area contributed by atoms with Crippen molar-refractivity contribution in [1.82, 2.24) is 9.78 Å². The van der Waals surface area contributed by atoms with E-state index in [1.807, 2.05) is 6.92 Å². The Morgan fingerprint density at radius 3 is 2.65 bits per heavy atom. The third-order valence-electron chi connectivity index (χ3n) is 2.45. The number of nitro groups is 1. The maximum absolute atomic E-state index is 11.0. The highest BCUT2D eigenvalue weighted by Gasteiger charge is 2.27. The van der Waals surface area contributed by atoms with Gasteiger partial charge in [0, 0.05) is 20.1 Å². The largest absolute Gasteiger partial charge is 0.392 e. The highest BCUT2D eigenvalue weighted by atomic mass is 16.6. The lowest BCUT2D eigenvalue weighted by atomic mass is 10.3. The first-order valence-electron chi connectivity index (χ1n) is 5.49. The summed E-state index contributed by atoms with van der Waals surface area (Å²) in [6, 6.07) is 0. The van der Waals surface area contributed by atoms with Crippen LogP contribution in [0.5, 0.6) is 0 Å². The molecule has 0 saturated heterocycles. The molecular weight excluding hydrogens is 224 g/mol. The van der Waals surface area contributed by atoms with Crippen LogP contribution in [0.1, 0.15) is 19.5 Å². The number of nitrogens with zero attached hydrogens (tertiary/aromatic N) is 4. The summed E-state index contributed by atoms with van der Waals surface area (Å²) < 4.78 is 1.58. The minimum atomic E-state index is -0.555. The van der Waals surface area contributed by atoms with Gasteiger partial charge in [-0.25, -0.2) is 4.68 Å². The molecule has 1 atom stereocenters. The quantitative estimate of drug-likeness (QED) is 0.613. The molecular formula is C10H18N4O3. The zero-order valence-electron chi connectivity index (χ0n) is 10.5. The summed E-state index contributed by atoms with van der Waals surface area (Å²) in [6.45, 7) is 6.00. The van der Waals surface area contributed by atoms with Gasteiger partial charge in [-0.3, -0.25) is 10.1 Å². The van der Waals surface area contributed by atoms with E-state index < -0.39 is 11.0 Å². The van der Waals surface area contributed by atoms with Gasteiger partial charge in [-0.1, -0.05) is 0 Å². The Morgan fingerprint density at radius 1 is 1.65 bits per heavy atom. The SMILES string of the molecule is CCn1nc(C)c([N+](=O)[O-])c1N(C)CC(C)O. The van der Waals surface area contributed by atoms with Crippen molar-refractivity contribution in [1.29, 1.82) is 0 Å². The topological polar surface area (TPSA) is 84.4 Å². The molecule has 1 aromatic heterocycles. The van der Waals surface area contributed by atoms with Crippen LogP contribution in [0.25, 0.3) is 0 Å². The maximum Gasteiger partial charge on any atom is 0.333 e. The lowest BCUT2D eigenvalue weighted by molar-refractivity contribution is -0.384. The van der Waals surface area contributed by atoms with Gasteiger partial charge in [-0.2, -0.15) is 5.10 Å². The van der Waals surface area contributed by atoms with Crippen LogP contribution in [-0.4, -0.2) is 39.5 Å². The summed E-state index contributed by atoms with van der Waals surface area (Å²) in [5, 5.41) is 24.5. The van der Waals surface area contributed by atoms with Crippen LogP contribution in [0.3, 0.4) is 0 Å². The van der Waals surface area contributed by atoms with Gasteiger partial charge in [0.15, 0.2) is 0 Å². The summed E-state index contributed by atoms with van der Waals surface area (Å²) >= 11 is 0. The Bertz CT molecular complexity index is 414. The van der Waals surface area contributed by atoms with Gasteiger partial charge in [0.1, 0.15) is 5.69 Å². The molecule has 96 valence electrons. The average Bonchev–Trinajstić information content (AvgIpc) is 2.53. The number of aliphatic hydroxyl groups is 1. The van der Waals surface area contributed by atoms with Crippen molar-refractivity contribution in [2.24, 2.45) is 0 Å². The fourth-order valence-electron chi connectivity index (χ4n) is 1.85. The smallest absolute Gasteiger partial charge is 0.333 e. The molecule has 1 N–H and O–H groups in total. The van der Waals surface area contributed by atoms with Gasteiger partial charge in [-0.15, -0.1) is 0 Å². The van der Waals surface area contributed by atoms with Crippen LogP contribution in [0.15, 0.2) is 0 Å². The lowest BCUT2D eigenvalue weighted by Gasteiger charge is -2.20. The second-order valence-electron chi connectivity index (χ2n) is 4.06. The fourth-order valence-corrected chi connectivity index (χ4v) is 1.85. The third kappa shape index (κ3) is 2.73. The molecule has 1 rings (SSSR count). The van der Waals surface area contributed by atoms with E-state index in [0.29, 0.717) is 24.6 Å². The second kappa shape index (κ2) is 5.13. The molecule has 0 aliphatic rings. The van der Waals surface area contributed by atoms with Gasteiger partial charge in [0.2, 0.25) is 5.82 Å². The van der Waals surface area contributed by atoms with Crippen molar-refractivity contribution in [3.05, 3.63) is 15.8 Å². The molecule has 0 aliphatic heterocycles. The molecule has 0 saturated carbocycles. The van der Waals surface area contributed by atoms with Gasteiger partial charge < -0.3 is 10.0 Å². The van der Waals surface area contributed by atoms with E-state index in [0.717, 1.165) is 0 Å². The van der Waals surface area contributed by atoms with E-state index >= 15 is 0 Å². The van der Waals surface area contributed by atoms with Crippen molar-refractivity contribution in [2.75, 3.05) is 18.5 Å². The van der Waals surface area contributed by atoms with Crippen LogP contribution in [0, 0.1) is 17.0 Å². The zero-order chi connectivity index (χ0) is 13.2. The number of aliphatic hydroxyl groups excluding tert-OH is 1. The first-order chi connectivity index (χ1) is 7.88. The highest BCUT2D eigenvalue weighted by Crippen LogP contribution is 2.30. The molecule has 0 radical (unpaired) electrons. The fraction of sp³-hybridized carbons (Fsp3) is 0.700. The van der Waals surface area contributed by atoms with Crippen LogP contribution in [0.4, 0.5) is 11.5 Å². The number of anilines is 1. The summed E-state index contributed by atoms with van der Waals surface area (Å²) in [4.78, 5) is 12.3. The van der Waals surface area contributed by atoms with Crippen LogP contribution < -0.4 is 4.90 Å². The number of hydrogen-bond acceptors (Lipinski definition) is 5. The minimum absolute atomic E-state index is 0.00926. The Hall–Kier alpha value is -1.63. The summed E-state index contributed by atoms with van der Waals surface area (Å²) in [7, 11) is 1.71. The van der Waals surface area contributed by atoms with E-state index in [1.54, 1.807) is 30.5 Å². The van der Waals surface area contributed by atoms with E-state index in [1.165, 1.54) is 0 Å². The van der Waals surface area contributed by atoms with E-state index in [2.05, 4.69) is 5.10 Å². The Kier molecular flexibility index (Phi) is 4.06. The van der Waals surface area contributed by atoms with Gasteiger partial charge in [-0.05, 0) is 20.8 Å². The highest BCUT2D eigenvalue weighted by molar-refractivity contribution is 5.61. The molecule has 1 aromatic rings. The number of likely N-dealkylation sites (N-methyl/N-ethyl adjacent to an activating group) is 1. The molecule has 17 heavy (non-hydrogen) atoms. The standard InChI is InChI=1S/C10H18N4O3/c1-5-13-10(12(4)6-7(2)15)9(14(16)17)8(3)11-13/h7,15H,5-6H2,1-4H3. The first-order valence-corrected chi connectivity index (χ1v) is 5.49. The normalized spacial score (nSPS) is 12.5. The minimum Gasteiger partial charge on any atom is -0.392 e. The molecule has 0 fully saturated rings. The lowest BCUT2D eigenvalue weighted by Crippen LogP contribution is -2.29. The number of aromatic nitrogens is 2. The second-order valence-corrected chi connectivity index (χ2v) is 4.06. The molecule has 1 heterocycles. The van der Waals surface area contributed by atoms with Crippen LogP contribution in [0.2, 0.25) is 0 Å². The van der Waals surface area contributed by atoms with Gasteiger partial charge in [0.25, 0.3) is 0 Å². The number of hydrogen-bond donors (Lipinski definition) is 1.